The van der Waals surface area contributed by atoms with Crippen molar-refractivity contribution in [3.63, 3.8) is 0 Å². The summed E-state index contributed by atoms with van der Waals surface area (Å²) in [6.45, 7) is 4.95. The highest BCUT2D eigenvalue weighted by Crippen LogP contribution is 2.28. The molecule has 172 valence electrons. The van der Waals surface area contributed by atoms with Crippen LogP contribution >= 0.6 is 0 Å². The van der Waals surface area contributed by atoms with Crippen LogP contribution in [0, 0.1) is 6.92 Å². The number of anilines is 1. The summed E-state index contributed by atoms with van der Waals surface area (Å²) in [5, 5.41) is 7.90. The Bertz CT molecular complexity index is 1130. The summed E-state index contributed by atoms with van der Waals surface area (Å²) < 4.78 is 5.56. The molecule has 1 unspecified atom stereocenters. The topological polar surface area (TPSA) is 117 Å². The van der Waals surface area contributed by atoms with Gasteiger partial charge in [0.15, 0.2) is 0 Å². The van der Waals surface area contributed by atoms with Gasteiger partial charge in [-0.3, -0.25) is 19.7 Å². The van der Waals surface area contributed by atoms with E-state index < -0.39 is 11.9 Å². The molecule has 3 N–H and O–H groups in total. The highest BCUT2D eigenvalue weighted by Gasteiger charge is 2.39. The highest BCUT2D eigenvalue weighted by molar-refractivity contribution is 6.05. The van der Waals surface area contributed by atoms with E-state index in [0.29, 0.717) is 30.8 Å². The van der Waals surface area contributed by atoms with Crippen molar-refractivity contribution in [3.05, 3.63) is 58.7 Å². The second-order valence-corrected chi connectivity index (χ2v) is 8.11. The predicted octanol–water partition coefficient (Wildman–Crippen LogP) is 2.48. The first kappa shape index (κ1) is 22.3. The van der Waals surface area contributed by atoms with Crippen LogP contribution in [0.5, 0.6) is 5.75 Å². The maximum absolute atomic E-state index is 12.8. The predicted molar refractivity (Wildman–Crippen MR) is 121 cm³/mol. The third-order valence-corrected chi connectivity index (χ3v) is 5.79. The fourth-order valence-corrected chi connectivity index (χ4v) is 4.08. The minimum Gasteiger partial charge on any atom is -0.494 e. The smallest absolute Gasteiger partial charge is 0.319 e. The molecule has 1 saturated heterocycles. The number of hydrogen-bond acceptors (Lipinski definition) is 5. The van der Waals surface area contributed by atoms with E-state index in [-0.39, 0.29) is 30.8 Å². The molecule has 0 aliphatic carbocycles. The summed E-state index contributed by atoms with van der Waals surface area (Å²) in [4.78, 5) is 50.2. The minimum absolute atomic E-state index is 0.216. The van der Waals surface area contributed by atoms with Gasteiger partial charge >= 0.3 is 6.03 Å². The van der Waals surface area contributed by atoms with Crippen LogP contribution in [0.2, 0.25) is 0 Å². The van der Waals surface area contributed by atoms with Crippen molar-refractivity contribution in [2.45, 2.75) is 45.8 Å². The van der Waals surface area contributed by atoms with Gasteiger partial charge in [-0.15, -0.1) is 0 Å². The molecule has 9 nitrogen and oxygen atoms in total. The zero-order valence-electron chi connectivity index (χ0n) is 18.6. The van der Waals surface area contributed by atoms with Crippen LogP contribution in [0.25, 0.3) is 0 Å². The molecular formula is C24H26N4O5. The number of carbonyl (C=O) groups is 4. The largest absolute Gasteiger partial charge is 0.494 e. The first-order valence-corrected chi connectivity index (χ1v) is 10.9. The number of piperidine rings is 1. The molecule has 2 aliphatic heterocycles. The second kappa shape index (κ2) is 9.32. The van der Waals surface area contributed by atoms with Gasteiger partial charge in [0.2, 0.25) is 11.8 Å². The summed E-state index contributed by atoms with van der Waals surface area (Å²) in [6, 6.07) is 9.82. The molecule has 1 fully saturated rings. The zero-order valence-corrected chi connectivity index (χ0v) is 18.6. The summed E-state index contributed by atoms with van der Waals surface area (Å²) in [5.74, 6) is -0.248. The van der Waals surface area contributed by atoms with Crippen LogP contribution in [-0.2, 0) is 22.7 Å². The SMILES string of the molecule is CCOc1cc(NC(=O)NCc2ccc3c(c2)CN(C2CCC(=O)NC2=O)C3=O)ccc1C. The van der Waals surface area contributed by atoms with E-state index in [1.165, 1.54) is 4.90 Å². The lowest BCUT2D eigenvalue weighted by Crippen LogP contribution is -2.52. The third-order valence-electron chi connectivity index (χ3n) is 5.79. The Morgan fingerprint density at radius 3 is 2.76 bits per heavy atom. The zero-order chi connectivity index (χ0) is 23.5. The van der Waals surface area contributed by atoms with Gasteiger partial charge in [0.05, 0.1) is 6.61 Å². The van der Waals surface area contributed by atoms with E-state index in [1.807, 2.05) is 32.0 Å². The van der Waals surface area contributed by atoms with Gasteiger partial charge in [-0.25, -0.2) is 4.79 Å². The number of aryl methyl sites for hydroxylation is 1. The van der Waals surface area contributed by atoms with Crippen molar-refractivity contribution < 1.29 is 23.9 Å². The number of ether oxygens (including phenoxy) is 1. The van der Waals surface area contributed by atoms with Crippen molar-refractivity contribution in [2.24, 2.45) is 0 Å². The molecule has 0 bridgehead atoms. The number of nitrogens with one attached hydrogen (secondary N) is 3. The number of hydrogen-bond donors (Lipinski definition) is 3. The summed E-state index contributed by atoms with van der Waals surface area (Å²) in [5.41, 5.74) is 3.78. The lowest BCUT2D eigenvalue weighted by atomic mass is 10.0. The number of benzene rings is 2. The van der Waals surface area contributed by atoms with Crippen LogP contribution in [0.1, 0.15) is 46.8 Å². The van der Waals surface area contributed by atoms with Gasteiger partial charge in [0, 0.05) is 36.8 Å². The van der Waals surface area contributed by atoms with E-state index in [9.17, 15) is 19.2 Å². The van der Waals surface area contributed by atoms with E-state index in [4.69, 9.17) is 4.74 Å². The monoisotopic (exact) mass is 450 g/mol. The van der Waals surface area contributed by atoms with Crippen molar-refractivity contribution in [3.8, 4) is 5.75 Å². The fourth-order valence-electron chi connectivity index (χ4n) is 4.08. The summed E-state index contributed by atoms with van der Waals surface area (Å²) in [6.07, 6.45) is 0.539. The van der Waals surface area contributed by atoms with E-state index >= 15 is 0 Å². The van der Waals surface area contributed by atoms with Crippen LogP contribution in [0.4, 0.5) is 10.5 Å². The van der Waals surface area contributed by atoms with E-state index in [2.05, 4.69) is 16.0 Å². The second-order valence-electron chi connectivity index (χ2n) is 8.11. The molecule has 0 saturated carbocycles. The molecule has 5 amide bonds. The average Bonchev–Trinajstić information content (AvgIpc) is 3.10. The Morgan fingerprint density at radius 1 is 1.18 bits per heavy atom. The molecule has 2 aromatic rings. The summed E-state index contributed by atoms with van der Waals surface area (Å²) in [7, 11) is 0. The maximum Gasteiger partial charge on any atom is 0.319 e. The highest BCUT2D eigenvalue weighted by atomic mass is 16.5. The Morgan fingerprint density at radius 2 is 2.00 bits per heavy atom. The average molecular weight is 450 g/mol. The van der Waals surface area contributed by atoms with Crippen LogP contribution in [0.15, 0.2) is 36.4 Å². The Hall–Kier alpha value is -3.88. The molecule has 0 aromatic heterocycles. The normalized spacial score (nSPS) is 17.5. The van der Waals surface area contributed by atoms with Gasteiger partial charge in [-0.1, -0.05) is 18.2 Å². The number of fused-ring (bicyclic) bond motifs is 1. The molecule has 33 heavy (non-hydrogen) atoms. The number of carbonyl (C=O) groups excluding carboxylic acids is 4. The van der Waals surface area contributed by atoms with Crippen molar-refractivity contribution in [2.75, 3.05) is 11.9 Å². The lowest BCUT2D eigenvalue weighted by Gasteiger charge is -2.29. The molecule has 1 atom stereocenters. The molecular weight excluding hydrogens is 424 g/mol. The van der Waals surface area contributed by atoms with Crippen molar-refractivity contribution in [1.82, 2.24) is 15.5 Å². The third kappa shape index (κ3) is 4.82. The number of rotatable bonds is 6. The maximum atomic E-state index is 12.8. The quantitative estimate of drug-likeness (QED) is 0.585. The number of nitrogens with zero attached hydrogens (tertiary/aromatic N) is 1. The standard InChI is InChI=1S/C24H26N4O5/c1-3-33-20-11-17(6-4-14(20)2)26-24(32)25-12-15-5-7-18-16(10-15)13-28(23(18)31)19-8-9-21(29)27-22(19)30/h4-7,10-11,19H,3,8-9,12-13H2,1-2H3,(H2,25,26,32)(H,27,29,30). The Labute approximate surface area is 191 Å². The van der Waals surface area contributed by atoms with Gasteiger partial charge in [-0.05, 0) is 49.1 Å². The van der Waals surface area contributed by atoms with E-state index in [1.54, 1.807) is 18.2 Å². The summed E-state index contributed by atoms with van der Waals surface area (Å²) >= 11 is 0. The molecule has 0 radical (unpaired) electrons. The van der Waals surface area contributed by atoms with E-state index in [0.717, 1.165) is 22.4 Å². The Balaban J connectivity index is 1.36. The number of imide groups is 1. The molecule has 4 rings (SSSR count). The first-order valence-electron chi connectivity index (χ1n) is 10.9. The fraction of sp³-hybridized carbons (Fsp3) is 0.333. The van der Waals surface area contributed by atoms with Gasteiger partial charge in [-0.2, -0.15) is 0 Å². The van der Waals surface area contributed by atoms with Crippen molar-refractivity contribution in [1.29, 1.82) is 0 Å². The molecule has 2 aliphatic rings. The first-order chi connectivity index (χ1) is 15.9. The number of amides is 5. The minimum atomic E-state index is -0.647. The molecule has 2 heterocycles. The Kier molecular flexibility index (Phi) is 6.30. The molecule has 0 spiro atoms. The van der Waals surface area contributed by atoms with Crippen LogP contribution in [0.3, 0.4) is 0 Å². The van der Waals surface area contributed by atoms with Gasteiger partial charge < -0.3 is 20.3 Å². The number of urea groups is 1. The molecule has 9 heteroatoms. The van der Waals surface area contributed by atoms with Gasteiger partial charge in [0.1, 0.15) is 11.8 Å². The van der Waals surface area contributed by atoms with Crippen molar-refractivity contribution >= 4 is 29.4 Å². The van der Waals surface area contributed by atoms with Crippen LogP contribution in [-0.4, -0.2) is 41.3 Å². The van der Waals surface area contributed by atoms with Gasteiger partial charge in [0.25, 0.3) is 5.91 Å². The van der Waals surface area contributed by atoms with Crippen LogP contribution < -0.4 is 20.7 Å². The molecule has 2 aromatic carbocycles. The lowest BCUT2D eigenvalue weighted by molar-refractivity contribution is -0.136.